The molecule has 1 amide bonds. The van der Waals surface area contributed by atoms with Crippen LogP contribution in [-0.4, -0.2) is 32.6 Å². The van der Waals surface area contributed by atoms with E-state index in [0.717, 1.165) is 61.4 Å². The fourth-order valence-electron chi connectivity index (χ4n) is 8.11. The quantitative estimate of drug-likeness (QED) is 0.405. The van der Waals surface area contributed by atoms with Gasteiger partial charge in [-0.05, 0) is 93.7 Å². The van der Waals surface area contributed by atoms with Crippen LogP contribution < -0.4 is 5.32 Å². The van der Waals surface area contributed by atoms with Gasteiger partial charge in [-0.25, -0.2) is 9.78 Å². The van der Waals surface area contributed by atoms with Crippen molar-refractivity contribution < 1.29 is 19.4 Å². The van der Waals surface area contributed by atoms with Gasteiger partial charge in [-0.15, -0.1) is 0 Å². The molecule has 7 heteroatoms. The molecule has 1 aromatic heterocycles. The lowest BCUT2D eigenvalue weighted by molar-refractivity contribution is -0.169. The van der Waals surface area contributed by atoms with Crippen LogP contribution in [-0.2, 0) is 16.8 Å². The molecule has 1 aromatic carbocycles. The van der Waals surface area contributed by atoms with E-state index < -0.39 is 5.97 Å². The van der Waals surface area contributed by atoms with Crippen LogP contribution in [0.1, 0.15) is 115 Å². The number of rotatable bonds is 7. The molecule has 2 aromatic rings. The van der Waals surface area contributed by atoms with Gasteiger partial charge in [-0.2, -0.15) is 0 Å². The third kappa shape index (κ3) is 4.71. The molecular weight excluding hydrogens is 466 g/mol. The Hall–Kier alpha value is -2.67. The van der Waals surface area contributed by atoms with Crippen molar-refractivity contribution in [3.05, 3.63) is 46.5 Å². The third-order valence-electron chi connectivity index (χ3n) is 9.75. The first-order valence-corrected chi connectivity index (χ1v) is 14.1. The van der Waals surface area contributed by atoms with Crippen LogP contribution in [0.15, 0.2) is 18.2 Å². The predicted octanol–water partition coefficient (Wildman–Crippen LogP) is 6.38. The summed E-state index contributed by atoms with van der Waals surface area (Å²) in [6.07, 6.45) is 13.2. The summed E-state index contributed by atoms with van der Waals surface area (Å²) in [4.78, 5) is 33.5. The van der Waals surface area contributed by atoms with Crippen molar-refractivity contribution in [1.29, 1.82) is 0 Å². The Labute approximate surface area is 218 Å². The van der Waals surface area contributed by atoms with E-state index in [1.165, 1.54) is 44.6 Å². The molecule has 4 bridgehead atoms. The summed E-state index contributed by atoms with van der Waals surface area (Å²) >= 11 is 0. The van der Waals surface area contributed by atoms with Crippen molar-refractivity contribution in [2.45, 2.75) is 102 Å². The Morgan fingerprint density at radius 3 is 2.35 bits per heavy atom. The maximum absolute atomic E-state index is 13.5. The fourth-order valence-corrected chi connectivity index (χ4v) is 8.11. The maximum Gasteiger partial charge on any atom is 0.336 e. The highest BCUT2D eigenvalue weighted by molar-refractivity contribution is 6.04. The van der Waals surface area contributed by atoms with Gasteiger partial charge in [0.2, 0.25) is 0 Å². The van der Waals surface area contributed by atoms with Crippen molar-refractivity contribution >= 4 is 17.6 Å². The minimum absolute atomic E-state index is 0.0597. The van der Waals surface area contributed by atoms with Gasteiger partial charge in [0.25, 0.3) is 5.91 Å². The minimum Gasteiger partial charge on any atom is -0.478 e. The number of hydrogen-bond donors (Lipinski definition) is 3. The Morgan fingerprint density at radius 2 is 1.73 bits per heavy atom. The predicted molar refractivity (Wildman–Crippen MR) is 141 cm³/mol. The summed E-state index contributed by atoms with van der Waals surface area (Å²) < 4.78 is 6.74. The molecule has 0 radical (unpaired) electrons. The number of aromatic carboxylic acids is 1. The molecule has 3 N–H and O–H groups in total. The van der Waals surface area contributed by atoms with E-state index in [9.17, 15) is 14.7 Å². The number of amides is 1. The first-order valence-electron chi connectivity index (χ1n) is 14.1. The largest absolute Gasteiger partial charge is 0.478 e. The Balaban J connectivity index is 1.27. The molecule has 0 unspecified atom stereocenters. The van der Waals surface area contributed by atoms with E-state index >= 15 is 0 Å². The highest BCUT2D eigenvalue weighted by Gasteiger charge is 2.51. The second-order valence-electron chi connectivity index (χ2n) is 12.7. The highest BCUT2D eigenvalue weighted by atomic mass is 16.5. The zero-order chi connectivity index (χ0) is 25.8. The number of anilines is 1. The lowest BCUT2D eigenvalue weighted by atomic mass is 9.54. The number of carboxylic acid groups (broad SMARTS) is 1. The summed E-state index contributed by atoms with van der Waals surface area (Å²) in [6.45, 7) is 4.35. The van der Waals surface area contributed by atoms with Gasteiger partial charge in [0.1, 0.15) is 5.82 Å². The van der Waals surface area contributed by atoms with Gasteiger partial charge >= 0.3 is 5.97 Å². The molecule has 0 atom stereocenters. The Bertz CT molecular complexity index is 1170. The number of nitrogens with zero attached hydrogens (tertiary/aromatic N) is 1. The molecule has 5 aliphatic carbocycles. The second-order valence-corrected chi connectivity index (χ2v) is 12.7. The van der Waals surface area contributed by atoms with E-state index in [4.69, 9.17) is 9.72 Å². The first-order chi connectivity index (χ1) is 17.7. The molecule has 37 heavy (non-hydrogen) atoms. The smallest absolute Gasteiger partial charge is 0.336 e. The van der Waals surface area contributed by atoms with E-state index in [2.05, 4.69) is 17.2 Å². The summed E-state index contributed by atoms with van der Waals surface area (Å²) in [5, 5.41) is 12.4. The van der Waals surface area contributed by atoms with Crippen molar-refractivity contribution in [3.63, 3.8) is 0 Å². The third-order valence-corrected chi connectivity index (χ3v) is 9.75. The molecular formula is C30H39N3O4. The number of benzene rings is 1. The zero-order valence-corrected chi connectivity index (χ0v) is 22.1. The summed E-state index contributed by atoms with van der Waals surface area (Å²) in [5.41, 5.74) is 2.25. The standard InChI is InChI=1S/C30H39N3O4/c1-18-6-7-22(13-23(18)27(35)36)31-26(34)25-24(32-28(33-25)29(2)8-4-3-5-9-29)17-37-30-14-19-10-20(15-30)12-21(11-19)16-30/h6-7,13,19-21H,3-5,8-12,14-17H2,1-2H3,(H,31,34)(H,32,33)(H,35,36). The average Bonchev–Trinajstić information content (AvgIpc) is 3.29. The summed E-state index contributed by atoms with van der Waals surface area (Å²) in [7, 11) is 0. The number of carboxylic acids is 1. The van der Waals surface area contributed by atoms with Gasteiger partial charge < -0.3 is 20.1 Å². The maximum atomic E-state index is 13.5. The van der Waals surface area contributed by atoms with Crippen LogP contribution in [0.4, 0.5) is 5.69 Å². The summed E-state index contributed by atoms with van der Waals surface area (Å²) in [6, 6.07) is 4.97. The van der Waals surface area contributed by atoms with E-state index in [0.29, 0.717) is 23.6 Å². The van der Waals surface area contributed by atoms with Gasteiger partial charge in [0.05, 0.1) is 23.5 Å². The molecule has 7 nitrogen and oxygen atoms in total. The number of hydrogen-bond acceptors (Lipinski definition) is 4. The van der Waals surface area contributed by atoms with Gasteiger partial charge in [0, 0.05) is 11.1 Å². The first kappa shape index (κ1) is 24.7. The molecule has 0 saturated heterocycles. The Kier molecular flexibility index (Phi) is 6.17. The Morgan fingerprint density at radius 1 is 1.08 bits per heavy atom. The number of nitrogens with one attached hydrogen (secondary N) is 2. The molecule has 7 rings (SSSR count). The highest BCUT2D eigenvalue weighted by Crippen LogP contribution is 2.57. The lowest BCUT2D eigenvalue weighted by Crippen LogP contribution is -2.51. The number of H-pyrrole nitrogens is 1. The number of ether oxygens (including phenoxy) is 1. The van der Waals surface area contributed by atoms with Crippen molar-refractivity contribution in [2.75, 3.05) is 5.32 Å². The lowest BCUT2D eigenvalue weighted by Gasteiger charge is -2.56. The number of aromatic nitrogens is 2. The van der Waals surface area contributed by atoms with E-state index in [-0.39, 0.29) is 22.5 Å². The van der Waals surface area contributed by atoms with Crippen LogP contribution in [0.3, 0.4) is 0 Å². The number of carbonyl (C=O) groups is 2. The number of imidazole rings is 1. The molecule has 5 saturated carbocycles. The van der Waals surface area contributed by atoms with Gasteiger partial charge in [-0.3, -0.25) is 4.79 Å². The molecule has 1 heterocycles. The molecule has 0 spiro atoms. The van der Waals surface area contributed by atoms with Crippen molar-refractivity contribution in [3.8, 4) is 0 Å². The van der Waals surface area contributed by atoms with Crippen molar-refractivity contribution in [2.24, 2.45) is 17.8 Å². The van der Waals surface area contributed by atoms with Gasteiger partial charge in [-0.1, -0.05) is 32.3 Å². The number of aromatic amines is 1. The fraction of sp³-hybridized carbons (Fsp3) is 0.633. The average molecular weight is 506 g/mol. The number of aryl methyl sites for hydroxylation is 1. The molecule has 5 aliphatic rings. The van der Waals surface area contributed by atoms with Gasteiger partial charge in [0.15, 0.2) is 5.69 Å². The summed E-state index contributed by atoms with van der Waals surface area (Å²) in [5.74, 6) is 1.90. The van der Waals surface area contributed by atoms with E-state index in [1.54, 1.807) is 19.1 Å². The van der Waals surface area contributed by atoms with E-state index in [1.807, 2.05) is 0 Å². The van der Waals surface area contributed by atoms with Crippen LogP contribution in [0.2, 0.25) is 0 Å². The number of carbonyl (C=O) groups excluding carboxylic acids is 1. The normalized spacial score (nSPS) is 29.8. The van der Waals surface area contributed by atoms with Crippen LogP contribution in [0.25, 0.3) is 0 Å². The zero-order valence-electron chi connectivity index (χ0n) is 22.1. The minimum atomic E-state index is -1.01. The molecule has 5 fully saturated rings. The molecule has 0 aliphatic heterocycles. The monoisotopic (exact) mass is 505 g/mol. The second kappa shape index (κ2) is 9.26. The molecule has 198 valence electrons. The topological polar surface area (TPSA) is 104 Å². The van der Waals surface area contributed by atoms with Crippen LogP contribution in [0, 0.1) is 24.7 Å². The SMILES string of the molecule is Cc1ccc(NC(=O)c2nc(C3(C)CCCCC3)[nH]c2COC23CC4CC(CC(C4)C2)C3)cc1C(=O)O. The van der Waals surface area contributed by atoms with Crippen LogP contribution >= 0.6 is 0 Å². The van der Waals surface area contributed by atoms with Crippen LogP contribution in [0.5, 0.6) is 0 Å². The van der Waals surface area contributed by atoms with Crippen molar-refractivity contribution in [1.82, 2.24) is 9.97 Å².